The van der Waals surface area contributed by atoms with Crippen LogP contribution in [0, 0.1) is 5.92 Å². The van der Waals surface area contributed by atoms with Gasteiger partial charge in [0.15, 0.2) is 0 Å². The fourth-order valence-electron chi connectivity index (χ4n) is 3.83. The third kappa shape index (κ3) is 3.37. The van der Waals surface area contributed by atoms with Crippen molar-refractivity contribution in [3.05, 3.63) is 35.9 Å². The largest absolute Gasteiger partial charge is 0.311 e. The van der Waals surface area contributed by atoms with Crippen LogP contribution < -0.4 is 5.32 Å². The molecule has 1 N–H and O–H groups in total. The lowest BCUT2D eigenvalue weighted by atomic mass is 9.85. The highest BCUT2D eigenvalue weighted by molar-refractivity contribution is 5.14. The van der Waals surface area contributed by atoms with Crippen LogP contribution in [0.25, 0.3) is 0 Å². The molecule has 2 heteroatoms. The highest BCUT2D eigenvalue weighted by atomic mass is 15.2. The first-order valence-corrected chi connectivity index (χ1v) is 7.92. The molecule has 1 aromatic carbocycles. The van der Waals surface area contributed by atoms with E-state index in [0.717, 1.165) is 25.0 Å². The number of fused-ring (bicyclic) bond motifs is 1. The van der Waals surface area contributed by atoms with Crippen molar-refractivity contribution in [2.75, 3.05) is 19.6 Å². The molecule has 2 aliphatic rings. The van der Waals surface area contributed by atoms with Gasteiger partial charge in [-0.1, -0.05) is 43.2 Å². The highest BCUT2D eigenvalue weighted by Crippen LogP contribution is 2.35. The van der Waals surface area contributed by atoms with Gasteiger partial charge in [0, 0.05) is 25.7 Å². The first-order chi connectivity index (χ1) is 9.43. The van der Waals surface area contributed by atoms with Crippen molar-refractivity contribution in [1.82, 2.24) is 10.2 Å². The molecule has 0 radical (unpaired) electrons. The van der Waals surface area contributed by atoms with Gasteiger partial charge in [-0.25, -0.2) is 0 Å². The van der Waals surface area contributed by atoms with Gasteiger partial charge in [0.25, 0.3) is 0 Å². The van der Waals surface area contributed by atoms with E-state index in [1.807, 2.05) is 0 Å². The van der Waals surface area contributed by atoms with Crippen LogP contribution in [-0.2, 0) is 6.54 Å². The van der Waals surface area contributed by atoms with Crippen LogP contribution >= 0.6 is 0 Å². The Bertz CT molecular complexity index is 376. The smallest absolute Gasteiger partial charge is 0.0206 e. The Morgan fingerprint density at radius 2 is 1.89 bits per heavy atom. The van der Waals surface area contributed by atoms with Crippen molar-refractivity contribution in [3.8, 4) is 0 Å². The van der Waals surface area contributed by atoms with Gasteiger partial charge in [-0.2, -0.15) is 0 Å². The quantitative estimate of drug-likeness (QED) is 0.817. The summed E-state index contributed by atoms with van der Waals surface area (Å²) in [5, 5.41) is 3.58. The molecule has 0 amide bonds. The molecule has 2 atom stereocenters. The summed E-state index contributed by atoms with van der Waals surface area (Å²) in [5.41, 5.74) is 1.39. The van der Waals surface area contributed by atoms with Crippen LogP contribution in [0.15, 0.2) is 30.3 Å². The van der Waals surface area contributed by atoms with E-state index in [1.54, 1.807) is 0 Å². The first kappa shape index (κ1) is 13.1. The number of nitrogens with zero attached hydrogens (tertiary/aromatic N) is 1. The van der Waals surface area contributed by atoms with Crippen molar-refractivity contribution in [3.63, 3.8) is 0 Å². The topological polar surface area (TPSA) is 15.3 Å². The molecule has 0 spiro atoms. The molecule has 104 valence electrons. The van der Waals surface area contributed by atoms with Crippen LogP contribution in [0.1, 0.15) is 37.7 Å². The van der Waals surface area contributed by atoms with Gasteiger partial charge in [-0.3, -0.25) is 4.90 Å². The Morgan fingerprint density at radius 3 is 2.79 bits per heavy atom. The molecule has 2 nitrogen and oxygen atoms in total. The maximum Gasteiger partial charge on any atom is 0.0206 e. The van der Waals surface area contributed by atoms with E-state index in [-0.39, 0.29) is 0 Å². The molecule has 0 bridgehead atoms. The molecule has 2 unspecified atom stereocenters. The average Bonchev–Trinajstić information content (AvgIpc) is 2.88. The summed E-state index contributed by atoms with van der Waals surface area (Å²) in [4.78, 5) is 2.74. The van der Waals surface area contributed by atoms with Gasteiger partial charge >= 0.3 is 0 Å². The molecule has 1 saturated heterocycles. The Hall–Kier alpha value is -0.860. The van der Waals surface area contributed by atoms with Crippen LogP contribution in [0.2, 0.25) is 0 Å². The summed E-state index contributed by atoms with van der Waals surface area (Å²) >= 11 is 0. The molecule has 1 aliphatic carbocycles. The van der Waals surface area contributed by atoms with Gasteiger partial charge in [-0.05, 0) is 37.3 Å². The van der Waals surface area contributed by atoms with E-state index in [0.29, 0.717) is 0 Å². The molecule has 0 aromatic heterocycles. The molecule has 19 heavy (non-hydrogen) atoms. The number of rotatable bonds is 5. The van der Waals surface area contributed by atoms with E-state index >= 15 is 0 Å². The lowest BCUT2D eigenvalue weighted by Gasteiger charge is -2.31. The van der Waals surface area contributed by atoms with Crippen molar-refractivity contribution in [2.24, 2.45) is 5.92 Å². The zero-order chi connectivity index (χ0) is 12.9. The Kier molecular flexibility index (Phi) is 4.52. The van der Waals surface area contributed by atoms with Gasteiger partial charge in [-0.15, -0.1) is 0 Å². The third-order valence-electron chi connectivity index (χ3n) is 4.87. The van der Waals surface area contributed by atoms with E-state index in [1.165, 1.54) is 50.8 Å². The van der Waals surface area contributed by atoms with E-state index in [9.17, 15) is 0 Å². The zero-order valence-electron chi connectivity index (χ0n) is 11.9. The second-order valence-electron chi connectivity index (χ2n) is 6.10. The van der Waals surface area contributed by atoms with Crippen LogP contribution in [0.4, 0.5) is 0 Å². The predicted molar refractivity (Wildman–Crippen MR) is 80.1 cm³/mol. The summed E-state index contributed by atoms with van der Waals surface area (Å²) in [6, 6.07) is 11.6. The van der Waals surface area contributed by atoms with Crippen LogP contribution in [0.5, 0.6) is 0 Å². The van der Waals surface area contributed by atoms with E-state index in [4.69, 9.17) is 0 Å². The van der Waals surface area contributed by atoms with E-state index in [2.05, 4.69) is 40.5 Å². The van der Waals surface area contributed by atoms with Gasteiger partial charge in [0.2, 0.25) is 0 Å². The van der Waals surface area contributed by atoms with Crippen molar-refractivity contribution in [1.29, 1.82) is 0 Å². The maximum absolute atomic E-state index is 3.58. The Balaban J connectivity index is 1.38. The third-order valence-corrected chi connectivity index (χ3v) is 4.87. The molecular weight excluding hydrogens is 232 g/mol. The lowest BCUT2D eigenvalue weighted by molar-refractivity contribution is 0.183. The fraction of sp³-hybridized carbons (Fsp3) is 0.647. The molecule has 1 saturated carbocycles. The normalized spacial score (nSPS) is 27.4. The monoisotopic (exact) mass is 258 g/mol. The summed E-state index contributed by atoms with van der Waals surface area (Å²) in [5.74, 6) is 1.02. The minimum Gasteiger partial charge on any atom is -0.311 e. The molecule has 1 aromatic rings. The molecule has 1 aliphatic heterocycles. The van der Waals surface area contributed by atoms with Crippen LogP contribution in [0.3, 0.4) is 0 Å². The molecule has 1 heterocycles. The summed E-state index contributed by atoms with van der Waals surface area (Å²) in [6.07, 6.45) is 7.31. The van der Waals surface area contributed by atoms with Gasteiger partial charge in [0.05, 0.1) is 0 Å². The number of hydrogen-bond acceptors (Lipinski definition) is 2. The Morgan fingerprint density at radius 1 is 1.05 bits per heavy atom. The minimum absolute atomic E-state index is 0.910. The lowest BCUT2D eigenvalue weighted by Crippen LogP contribution is -2.38. The van der Waals surface area contributed by atoms with Crippen LogP contribution in [-0.4, -0.2) is 30.6 Å². The maximum atomic E-state index is 3.58. The SMILES string of the molecule is c1ccc(CNCCN2CCC3CCCCC32)cc1. The van der Waals surface area contributed by atoms with Crippen molar-refractivity contribution < 1.29 is 0 Å². The van der Waals surface area contributed by atoms with Gasteiger partial charge in [0.1, 0.15) is 0 Å². The zero-order valence-corrected chi connectivity index (χ0v) is 11.9. The van der Waals surface area contributed by atoms with Crippen molar-refractivity contribution in [2.45, 2.75) is 44.7 Å². The number of nitrogens with one attached hydrogen (secondary N) is 1. The molecule has 3 rings (SSSR count). The summed E-state index contributed by atoms with van der Waals surface area (Å²) in [7, 11) is 0. The Labute approximate surface area is 117 Å². The minimum atomic E-state index is 0.910. The molecular formula is C17H26N2. The standard InChI is InChI=1S/C17H26N2/c1-2-6-15(7-3-1)14-18-11-13-19-12-10-16-8-4-5-9-17(16)19/h1-3,6-7,16-18H,4-5,8-14H2. The second kappa shape index (κ2) is 6.53. The number of hydrogen-bond donors (Lipinski definition) is 1. The summed E-state index contributed by atoms with van der Waals surface area (Å²) < 4.78 is 0. The van der Waals surface area contributed by atoms with Gasteiger partial charge < -0.3 is 5.32 Å². The fourth-order valence-corrected chi connectivity index (χ4v) is 3.83. The first-order valence-electron chi connectivity index (χ1n) is 7.92. The van der Waals surface area contributed by atoms with Crippen molar-refractivity contribution >= 4 is 0 Å². The second-order valence-corrected chi connectivity index (χ2v) is 6.10. The number of likely N-dealkylation sites (tertiary alicyclic amines) is 1. The molecule has 2 fully saturated rings. The average molecular weight is 258 g/mol. The number of benzene rings is 1. The highest BCUT2D eigenvalue weighted by Gasteiger charge is 2.34. The summed E-state index contributed by atoms with van der Waals surface area (Å²) in [6.45, 7) is 4.69. The van der Waals surface area contributed by atoms with E-state index < -0.39 is 0 Å². The predicted octanol–water partition coefficient (Wildman–Crippen LogP) is 3.04.